The lowest BCUT2D eigenvalue weighted by atomic mass is 10.2. The number of anilines is 1. The number of carbonyl (C=O) groups is 2. The van der Waals surface area contributed by atoms with Crippen LogP contribution in [0.4, 0.5) is 5.69 Å². The summed E-state index contributed by atoms with van der Waals surface area (Å²) in [6.07, 6.45) is 0. The second-order valence-corrected chi connectivity index (χ2v) is 17.6. The zero-order chi connectivity index (χ0) is 31.2. The second kappa shape index (κ2) is 13.0. The average Bonchev–Trinajstić information content (AvgIpc) is 3.10. The normalized spacial score (nSPS) is 11.2. The molecular formula is C38H31NO4Si2. The van der Waals surface area contributed by atoms with E-state index in [4.69, 9.17) is 0 Å². The maximum absolute atomic E-state index is 11.9. The lowest BCUT2D eigenvalue weighted by Crippen LogP contribution is -2.83. The largest absolute Gasteiger partial charge is 0.478 e. The first-order valence-electron chi connectivity index (χ1n) is 14.7. The monoisotopic (exact) mass is 621 g/mol. The summed E-state index contributed by atoms with van der Waals surface area (Å²) in [6.45, 7) is 0. The zero-order valence-electron chi connectivity index (χ0n) is 24.4. The Kier molecular flexibility index (Phi) is 8.55. The Morgan fingerprint density at radius 1 is 0.444 bits per heavy atom. The van der Waals surface area contributed by atoms with E-state index in [1.54, 1.807) is 24.3 Å². The van der Waals surface area contributed by atoms with Crippen molar-refractivity contribution >= 4 is 60.8 Å². The van der Waals surface area contributed by atoms with Crippen molar-refractivity contribution in [1.82, 2.24) is 0 Å². The van der Waals surface area contributed by atoms with E-state index in [1.165, 1.54) is 15.6 Å². The fourth-order valence-electron chi connectivity index (χ4n) is 6.19. The molecule has 6 rings (SSSR count). The lowest BCUT2D eigenvalue weighted by Gasteiger charge is -2.49. The molecule has 0 fully saturated rings. The standard InChI is InChI=1S/C38H31NO4Si2/c40-37(41)29-21-25-32(26-22-29)44(33-27-23-30(24-28-33)38(42)43)39(31-13-5-1-6-14-31)45(34-15-7-2-8-16-34,35-17-9-3-10-18-35)36-19-11-4-12-20-36/h1-28,44H,(H,40,41)(H,42,43). The highest BCUT2D eigenvalue weighted by molar-refractivity contribution is 7.21. The van der Waals surface area contributed by atoms with Crippen LogP contribution >= 0.6 is 0 Å². The summed E-state index contributed by atoms with van der Waals surface area (Å²) < 4.78 is 2.65. The minimum Gasteiger partial charge on any atom is -0.478 e. The predicted octanol–water partition coefficient (Wildman–Crippen LogP) is 4.09. The highest BCUT2D eigenvalue weighted by Gasteiger charge is 2.49. The van der Waals surface area contributed by atoms with Gasteiger partial charge in [-0.05, 0) is 62.3 Å². The molecule has 6 aromatic carbocycles. The van der Waals surface area contributed by atoms with E-state index in [0.29, 0.717) is 0 Å². The maximum atomic E-state index is 11.9. The molecule has 0 aliphatic rings. The molecule has 6 aromatic rings. The summed E-state index contributed by atoms with van der Waals surface area (Å²) in [5, 5.41) is 25.1. The van der Waals surface area contributed by atoms with Gasteiger partial charge in [0.1, 0.15) is 0 Å². The number of benzene rings is 6. The first kappa shape index (κ1) is 29.6. The molecule has 0 heterocycles. The van der Waals surface area contributed by atoms with Gasteiger partial charge in [0.25, 0.3) is 0 Å². The third-order valence-electron chi connectivity index (χ3n) is 8.18. The molecule has 2 N–H and O–H groups in total. The first-order valence-corrected chi connectivity index (χ1v) is 18.3. The van der Waals surface area contributed by atoms with Gasteiger partial charge in [-0.2, -0.15) is 0 Å². The number of carboxylic acids is 2. The number of hydrogen-bond donors (Lipinski definition) is 2. The molecule has 45 heavy (non-hydrogen) atoms. The van der Waals surface area contributed by atoms with Gasteiger partial charge in [-0.15, -0.1) is 0 Å². The average molecular weight is 622 g/mol. The fourth-order valence-corrected chi connectivity index (χ4v) is 16.9. The number of hydrogen-bond acceptors (Lipinski definition) is 3. The van der Waals surface area contributed by atoms with Crippen molar-refractivity contribution in [2.45, 2.75) is 0 Å². The third kappa shape index (κ3) is 5.74. The second-order valence-electron chi connectivity index (χ2n) is 10.8. The number of para-hydroxylation sites is 1. The van der Waals surface area contributed by atoms with Gasteiger partial charge in [0.15, 0.2) is 8.96 Å². The molecule has 5 nitrogen and oxygen atoms in total. The summed E-state index contributed by atoms with van der Waals surface area (Å²) in [6, 6.07) is 56.8. The Bertz CT molecular complexity index is 1730. The highest BCUT2D eigenvalue weighted by Crippen LogP contribution is 2.25. The summed E-state index contributed by atoms with van der Waals surface area (Å²) in [7, 11) is -5.65. The third-order valence-corrected chi connectivity index (χ3v) is 17.4. The van der Waals surface area contributed by atoms with Crippen molar-refractivity contribution in [2.75, 3.05) is 4.23 Å². The van der Waals surface area contributed by atoms with Crippen molar-refractivity contribution in [2.24, 2.45) is 0 Å². The van der Waals surface area contributed by atoms with Crippen LogP contribution in [0.3, 0.4) is 0 Å². The van der Waals surface area contributed by atoms with E-state index in [-0.39, 0.29) is 11.1 Å². The molecule has 0 amide bonds. The van der Waals surface area contributed by atoms with Crippen LogP contribution in [0.15, 0.2) is 170 Å². The molecule has 7 heteroatoms. The lowest BCUT2D eigenvalue weighted by molar-refractivity contribution is 0.0686. The summed E-state index contributed by atoms with van der Waals surface area (Å²) in [4.78, 5) is 23.8. The molecule has 0 bridgehead atoms. The van der Waals surface area contributed by atoms with Crippen LogP contribution in [0.2, 0.25) is 0 Å². The van der Waals surface area contributed by atoms with Crippen LogP contribution in [0, 0.1) is 0 Å². The quantitative estimate of drug-likeness (QED) is 0.178. The van der Waals surface area contributed by atoms with E-state index >= 15 is 0 Å². The highest BCUT2D eigenvalue weighted by atomic mass is 28.4. The van der Waals surface area contributed by atoms with Crippen molar-refractivity contribution in [3.8, 4) is 0 Å². The molecule has 220 valence electrons. The van der Waals surface area contributed by atoms with Crippen molar-refractivity contribution in [1.29, 1.82) is 0 Å². The molecule has 0 aliphatic carbocycles. The summed E-state index contributed by atoms with van der Waals surface area (Å²) >= 11 is 0. The minimum absolute atomic E-state index is 0.219. The van der Waals surface area contributed by atoms with E-state index in [2.05, 4.69) is 101 Å². The van der Waals surface area contributed by atoms with Crippen LogP contribution in [0.1, 0.15) is 20.7 Å². The van der Waals surface area contributed by atoms with Crippen LogP contribution in [-0.2, 0) is 0 Å². The van der Waals surface area contributed by atoms with Crippen LogP contribution < -0.4 is 30.2 Å². The zero-order valence-corrected chi connectivity index (χ0v) is 26.6. The number of nitrogens with zero attached hydrogens (tertiary/aromatic N) is 1. The number of carboxylic acid groups (broad SMARTS) is 2. The smallest absolute Gasteiger partial charge is 0.335 e. The van der Waals surface area contributed by atoms with Gasteiger partial charge in [0.2, 0.25) is 8.24 Å². The minimum atomic E-state index is -3.13. The Hall–Kier alpha value is -5.51. The molecule has 0 aliphatic heterocycles. The van der Waals surface area contributed by atoms with Crippen LogP contribution in [-0.4, -0.2) is 39.3 Å². The van der Waals surface area contributed by atoms with Gasteiger partial charge in [-0.1, -0.05) is 133 Å². The molecule has 0 saturated heterocycles. The number of rotatable bonds is 10. The fraction of sp³-hybridized carbons (Fsp3) is 0. The molecule has 0 spiro atoms. The van der Waals surface area contributed by atoms with Gasteiger partial charge in [0.05, 0.1) is 11.1 Å². The SMILES string of the molecule is O=C(O)c1ccc([SiH](c2ccc(C(=O)O)cc2)N(c2ccccc2)[Si](c2ccccc2)(c2ccccc2)c2ccccc2)cc1. The Balaban J connectivity index is 1.76. The summed E-state index contributed by atoms with van der Waals surface area (Å²) in [5.74, 6) is -1.96. The topological polar surface area (TPSA) is 77.8 Å². The van der Waals surface area contributed by atoms with Gasteiger partial charge >= 0.3 is 11.9 Å². The molecular weight excluding hydrogens is 591 g/mol. The van der Waals surface area contributed by atoms with E-state index in [9.17, 15) is 19.8 Å². The van der Waals surface area contributed by atoms with Crippen molar-refractivity contribution in [3.63, 3.8) is 0 Å². The van der Waals surface area contributed by atoms with Gasteiger partial charge < -0.3 is 14.4 Å². The van der Waals surface area contributed by atoms with Crippen LogP contribution in [0.5, 0.6) is 0 Å². The Morgan fingerprint density at radius 3 is 1.07 bits per heavy atom. The van der Waals surface area contributed by atoms with Crippen molar-refractivity contribution < 1.29 is 19.8 Å². The van der Waals surface area contributed by atoms with Gasteiger partial charge in [-0.3, -0.25) is 0 Å². The van der Waals surface area contributed by atoms with Gasteiger partial charge in [-0.25, -0.2) is 9.59 Å². The maximum Gasteiger partial charge on any atom is 0.335 e. The Morgan fingerprint density at radius 2 is 0.756 bits per heavy atom. The molecule has 0 aromatic heterocycles. The van der Waals surface area contributed by atoms with Gasteiger partial charge in [0, 0.05) is 5.69 Å². The summed E-state index contributed by atoms with van der Waals surface area (Å²) in [5.41, 5.74) is 1.48. The molecule has 0 atom stereocenters. The molecule has 0 unspecified atom stereocenters. The molecule has 0 saturated carbocycles. The first-order chi connectivity index (χ1) is 22.0. The van der Waals surface area contributed by atoms with E-state index in [1.807, 2.05) is 48.5 Å². The van der Waals surface area contributed by atoms with Crippen LogP contribution in [0.25, 0.3) is 0 Å². The molecule has 0 radical (unpaired) electrons. The van der Waals surface area contributed by atoms with Crippen molar-refractivity contribution in [3.05, 3.63) is 181 Å². The predicted molar refractivity (Wildman–Crippen MR) is 186 cm³/mol. The Labute approximate surface area is 265 Å². The number of aromatic carboxylic acids is 2. The van der Waals surface area contributed by atoms with E-state index < -0.39 is 29.1 Å². The van der Waals surface area contributed by atoms with E-state index in [0.717, 1.165) is 16.1 Å².